The van der Waals surface area contributed by atoms with Crippen molar-refractivity contribution in [2.24, 2.45) is 0 Å². The van der Waals surface area contributed by atoms with Crippen LogP contribution >= 0.6 is 0 Å². The zero-order valence-corrected chi connectivity index (χ0v) is 14.9. The van der Waals surface area contributed by atoms with Crippen molar-refractivity contribution in [1.82, 2.24) is 4.98 Å². The maximum Gasteiger partial charge on any atom is 0.387 e. The maximum absolute atomic E-state index is 13.1. The molecule has 6 nitrogen and oxygen atoms in total. The number of rotatable bonds is 6. The zero-order valence-electron chi connectivity index (χ0n) is 14.1. The average molecular weight is 384 g/mol. The number of hydrogen-bond donors (Lipinski definition) is 0. The van der Waals surface area contributed by atoms with E-state index in [4.69, 9.17) is 4.74 Å². The zero-order chi connectivity index (χ0) is 18.7. The highest BCUT2D eigenvalue weighted by Crippen LogP contribution is 2.40. The molecule has 1 aliphatic rings. The Bertz CT molecular complexity index is 873. The smallest absolute Gasteiger partial charge is 0.387 e. The van der Waals surface area contributed by atoms with Crippen LogP contribution in [0.4, 0.5) is 14.5 Å². The molecular weight excluding hydrogens is 366 g/mol. The largest absolute Gasteiger partial charge is 0.478 e. The van der Waals surface area contributed by atoms with Gasteiger partial charge in [0.15, 0.2) is 5.75 Å². The van der Waals surface area contributed by atoms with Gasteiger partial charge in [0.1, 0.15) is 4.90 Å². The minimum Gasteiger partial charge on any atom is -0.478 e. The summed E-state index contributed by atoms with van der Waals surface area (Å²) in [5, 5.41) is 0. The summed E-state index contributed by atoms with van der Waals surface area (Å²) in [5.74, 6) is 0.159. The summed E-state index contributed by atoms with van der Waals surface area (Å²) in [6.07, 6.45) is 2.36. The second kappa shape index (κ2) is 7.45. The van der Waals surface area contributed by atoms with E-state index in [2.05, 4.69) is 9.72 Å². The predicted octanol–water partition coefficient (Wildman–Crippen LogP) is 3.22. The first kappa shape index (κ1) is 18.4. The van der Waals surface area contributed by atoms with Gasteiger partial charge in [0.25, 0.3) is 10.0 Å². The van der Waals surface area contributed by atoms with Crippen LogP contribution in [0.25, 0.3) is 0 Å². The third kappa shape index (κ3) is 3.57. The first-order chi connectivity index (χ1) is 12.4. The number of para-hydroxylation sites is 1. The van der Waals surface area contributed by atoms with Gasteiger partial charge < -0.3 is 9.47 Å². The summed E-state index contributed by atoms with van der Waals surface area (Å²) in [7, 11) is -3.98. The summed E-state index contributed by atoms with van der Waals surface area (Å²) < 4.78 is 62.5. The Morgan fingerprint density at radius 1 is 1.27 bits per heavy atom. The van der Waals surface area contributed by atoms with Gasteiger partial charge in [-0.25, -0.2) is 13.4 Å². The van der Waals surface area contributed by atoms with Crippen LogP contribution in [0, 0.1) is 0 Å². The van der Waals surface area contributed by atoms with Crippen molar-refractivity contribution in [3.63, 3.8) is 0 Å². The molecule has 1 aliphatic heterocycles. The Balaban J connectivity index is 2.02. The molecule has 0 unspecified atom stereocenters. The van der Waals surface area contributed by atoms with E-state index in [0.29, 0.717) is 30.9 Å². The van der Waals surface area contributed by atoms with Gasteiger partial charge >= 0.3 is 6.61 Å². The van der Waals surface area contributed by atoms with Crippen molar-refractivity contribution in [3.8, 4) is 11.6 Å². The monoisotopic (exact) mass is 384 g/mol. The predicted molar refractivity (Wildman–Crippen MR) is 91.3 cm³/mol. The number of anilines is 1. The fourth-order valence-corrected chi connectivity index (χ4v) is 4.39. The molecule has 0 saturated heterocycles. The van der Waals surface area contributed by atoms with Crippen molar-refractivity contribution in [2.75, 3.05) is 17.5 Å². The summed E-state index contributed by atoms with van der Waals surface area (Å²) in [4.78, 5) is 3.94. The highest BCUT2D eigenvalue weighted by molar-refractivity contribution is 7.92. The Labute approximate surface area is 150 Å². The highest BCUT2D eigenvalue weighted by atomic mass is 32.2. The van der Waals surface area contributed by atoms with Crippen LogP contribution in [0.3, 0.4) is 0 Å². The van der Waals surface area contributed by atoms with E-state index in [1.165, 1.54) is 24.4 Å². The summed E-state index contributed by atoms with van der Waals surface area (Å²) in [6.45, 7) is -0.666. The van der Waals surface area contributed by atoms with Gasteiger partial charge in [-0.2, -0.15) is 8.78 Å². The van der Waals surface area contributed by atoms with E-state index >= 15 is 0 Å². The molecule has 2 heterocycles. The topological polar surface area (TPSA) is 68.7 Å². The normalized spacial score (nSPS) is 14.2. The SMILES string of the molecule is CCOc1ccc(S(=O)(=O)N2CCCc3cccc(OC(F)F)c32)cn1. The van der Waals surface area contributed by atoms with Crippen LogP contribution in [0.5, 0.6) is 11.6 Å². The van der Waals surface area contributed by atoms with Crippen LogP contribution in [0.1, 0.15) is 18.9 Å². The minimum absolute atomic E-state index is 0.0411. The number of alkyl halides is 2. The Morgan fingerprint density at radius 2 is 2.08 bits per heavy atom. The molecule has 0 spiro atoms. The van der Waals surface area contributed by atoms with Crippen LogP contribution in [0.15, 0.2) is 41.4 Å². The standard InChI is InChI=1S/C17H18F2N2O4S/c1-2-24-15-9-8-13(11-20-15)26(22,23)21-10-4-6-12-5-3-7-14(16(12)21)25-17(18)19/h3,5,7-9,11,17H,2,4,6,10H2,1H3. The van der Waals surface area contributed by atoms with E-state index in [-0.39, 0.29) is 22.9 Å². The number of aromatic nitrogens is 1. The van der Waals surface area contributed by atoms with Crippen molar-refractivity contribution < 1.29 is 26.7 Å². The molecule has 0 amide bonds. The van der Waals surface area contributed by atoms with Gasteiger partial charge in [-0.3, -0.25) is 4.31 Å². The van der Waals surface area contributed by atoms with E-state index in [1.54, 1.807) is 19.1 Å². The van der Waals surface area contributed by atoms with E-state index in [1.807, 2.05) is 0 Å². The Kier molecular flexibility index (Phi) is 5.26. The van der Waals surface area contributed by atoms with Gasteiger partial charge in [-0.05, 0) is 37.5 Å². The van der Waals surface area contributed by atoms with Gasteiger partial charge in [0, 0.05) is 12.6 Å². The molecule has 0 atom stereocenters. The second-order valence-corrected chi connectivity index (χ2v) is 7.45. The number of hydrogen-bond acceptors (Lipinski definition) is 5. The van der Waals surface area contributed by atoms with E-state index < -0.39 is 16.6 Å². The first-order valence-electron chi connectivity index (χ1n) is 8.11. The molecule has 2 aromatic rings. The first-order valence-corrected chi connectivity index (χ1v) is 9.55. The molecule has 0 N–H and O–H groups in total. The van der Waals surface area contributed by atoms with Crippen LogP contribution in [0.2, 0.25) is 0 Å². The average Bonchev–Trinajstić information content (AvgIpc) is 2.62. The minimum atomic E-state index is -3.98. The molecule has 26 heavy (non-hydrogen) atoms. The van der Waals surface area contributed by atoms with Crippen molar-refractivity contribution in [2.45, 2.75) is 31.3 Å². The maximum atomic E-state index is 13.1. The second-order valence-electron chi connectivity index (χ2n) is 5.59. The number of aryl methyl sites for hydroxylation is 1. The van der Waals surface area contributed by atoms with Gasteiger partial charge in [-0.15, -0.1) is 0 Å². The van der Waals surface area contributed by atoms with Crippen molar-refractivity contribution in [1.29, 1.82) is 0 Å². The number of nitrogens with zero attached hydrogens (tertiary/aromatic N) is 2. The molecule has 0 aliphatic carbocycles. The summed E-state index contributed by atoms with van der Waals surface area (Å²) >= 11 is 0. The van der Waals surface area contributed by atoms with Crippen LogP contribution in [-0.2, 0) is 16.4 Å². The fourth-order valence-electron chi connectivity index (χ4n) is 2.89. The number of sulfonamides is 1. The van der Waals surface area contributed by atoms with Crippen LogP contribution in [-0.4, -0.2) is 33.2 Å². The molecule has 9 heteroatoms. The molecule has 0 radical (unpaired) electrons. The molecule has 0 fully saturated rings. The number of benzene rings is 1. The van der Waals surface area contributed by atoms with Crippen molar-refractivity contribution in [3.05, 3.63) is 42.1 Å². The molecule has 0 saturated carbocycles. The lowest BCUT2D eigenvalue weighted by Crippen LogP contribution is -2.36. The molecule has 140 valence electrons. The molecule has 1 aromatic carbocycles. The number of ether oxygens (including phenoxy) is 2. The summed E-state index contributed by atoms with van der Waals surface area (Å²) in [6, 6.07) is 7.48. The quantitative estimate of drug-likeness (QED) is 0.765. The van der Waals surface area contributed by atoms with Gasteiger partial charge in [0.2, 0.25) is 5.88 Å². The molecular formula is C17H18F2N2O4S. The van der Waals surface area contributed by atoms with Crippen molar-refractivity contribution >= 4 is 15.7 Å². The van der Waals surface area contributed by atoms with Gasteiger partial charge in [-0.1, -0.05) is 12.1 Å². The molecule has 0 bridgehead atoms. The molecule has 1 aromatic heterocycles. The van der Waals surface area contributed by atoms with Crippen LogP contribution < -0.4 is 13.8 Å². The number of fused-ring (bicyclic) bond motifs is 1. The lowest BCUT2D eigenvalue weighted by molar-refractivity contribution is -0.0495. The summed E-state index contributed by atoms with van der Waals surface area (Å²) in [5.41, 5.74) is 0.810. The van der Waals surface area contributed by atoms with Gasteiger partial charge in [0.05, 0.1) is 18.5 Å². The Hall–Kier alpha value is -2.42. The Morgan fingerprint density at radius 3 is 2.73 bits per heavy atom. The lowest BCUT2D eigenvalue weighted by atomic mass is 10.0. The number of halogens is 2. The third-order valence-electron chi connectivity index (χ3n) is 3.94. The van der Waals surface area contributed by atoms with E-state index in [0.717, 1.165) is 4.31 Å². The fraction of sp³-hybridized carbons (Fsp3) is 0.353. The van der Waals surface area contributed by atoms with E-state index in [9.17, 15) is 17.2 Å². The molecule has 3 rings (SSSR count). The highest BCUT2D eigenvalue weighted by Gasteiger charge is 2.32. The number of pyridine rings is 1. The third-order valence-corrected chi connectivity index (χ3v) is 5.73. The lowest BCUT2D eigenvalue weighted by Gasteiger charge is -2.31.